The number of benzene rings is 2. The molecule has 1 aromatic heterocycles. The summed E-state index contributed by atoms with van der Waals surface area (Å²) in [6.45, 7) is 3.95. The van der Waals surface area contributed by atoms with Gasteiger partial charge in [0.1, 0.15) is 5.82 Å². The molecule has 0 aliphatic heterocycles. The first kappa shape index (κ1) is 18.9. The molecule has 0 bridgehead atoms. The Bertz CT molecular complexity index is 1100. The third kappa shape index (κ3) is 3.62. The summed E-state index contributed by atoms with van der Waals surface area (Å²) in [5.74, 6) is 0.742. The minimum atomic E-state index is -3.61. The summed E-state index contributed by atoms with van der Waals surface area (Å²) in [6, 6.07) is 15.4. The molecule has 1 heterocycles. The van der Waals surface area contributed by atoms with Crippen LogP contribution in [0.4, 0.5) is 0 Å². The molecule has 1 N–H and O–H groups in total. The van der Waals surface area contributed by atoms with Gasteiger partial charge in [-0.1, -0.05) is 35.9 Å². The van der Waals surface area contributed by atoms with E-state index in [1.54, 1.807) is 6.07 Å². The van der Waals surface area contributed by atoms with Crippen molar-refractivity contribution in [2.24, 2.45) is 0 Å². The van der Waals surface area contributed by atoms with Gasteiger partial charge >= 0.3 is 0 Å². The van der Waals surface area contributed by atoms with Gasteiger partial charge in [-0.2, -0.15) is 0 Å². The topological polar surface area (TPSA) is 64.0 Å². The van der Waals surface area contributed by atoms with Crippen molar-refractivity contribution in [2.75, 3.05) is 0 Å². The summed E-state index contributed by atoms with van der Waals surface area (Å²) in [5.41, 5.74) is 5.12. The van der Waals surface area contributed by atoms with Crippen molar-refractivity contribution in [3.63, 3.8) is 0 Å². The van der Waals surface area contributed by atoms with E-state index in [0.717, 1.165) is 54.0 Å². The number of aryl methyl sites for hydroxylation is 3. The average Bonchev–Trinajstić information content (AvgIpc) is 3.05. The van der Waals surface area contributed by atoms with E-state index in [2.05, 4.69) is 9.29 Å². The fourth-order valence-electron chi connectivity index (χ4n) is 3.93. The van der Waals surface area contributed by atoms with Crippen LogP contribution in [0.25, 0.3) is 5.69 Å². The molecule has 2 aromatic carbocycles. The SMILES string of the molecule is Cc1ccc(S(=O)(=O)NCc2nc3c(n2-c2ccccc2)CCCC3)c(C)c1. The molecule has 4 rings (SSSR count). The predicted molar refractivity (Wildman–Crippen MR) is 110 cm³/mol. The van der Waals surface area contributed by atoms with Crippen molar-refractivity contribution >= 4 is 10.0 Å². The van der Waals surface area contributed by atoms with Crippen molar-refractivity contribution in [2.45, 2.75) is 51.0 Å². The first-order chi connectivity index (χ1) is 13.5. The Morgan fingerprint density at radius 3 is 2.54 bits per heavy atom. The number of nitrogens with zero attached hydrogens (tertiary/aromatic N) is 2. The average molecular weight is 396 g/mol. The van der Waals surface area contributed by atoms with E-state index in [9.17, 15) is 8.42 Å². The Hall–Kier alpha value is -2.44. The highest BCUT2D eigenvalue weighted by molar-refractivity contribution is 7.89. The van der Waals surface area contributed by atoms with E-state index < -0.39 is 10.0 Å². The van der Waals surface area contributed by atoms with Crippen molar-refractivity contribution in [1.29, 1.82) is 0 Å². The maximum Gasteiger partial charge on any atom is 0.241 e. The molecule has 0 unspecified atom stereocenters. The van der Waals surface area contributed by atoms with Crippen molar-refractivity contribution in [3.05, 3.63) is 76.9 Å². The predicted octanol–water partition coefficient (Wildman–Crippen LogP) is 3.85. The van der Waals surface area contributed by atoms with Crippen LogP contribution in [0, 0.1) is 13.8 Å². The number of sulfonamides is 1. The highest BCUT2D eigenvalue weighted by Gasteiger charge is 2.23. The van der Waals surface area contributed by atoms with Crippen LogP contribution in [-0.4, -0.2) is 18.0 Å². The van der Waals surface area contributed by atoms with Gasteiger partial charge < -0.3 is 0 Å². The molecule has 0 amide bonds. The molecule has 0 atom stereocenters. The number of rotatable bonds is 5. The van der Waals surface area contributed by atoms with Crippen LogP contribution in [0.3, 0.4) is 0 Å². The molecule has 0 radical (unpaired) electrons. The van der Waals surface area contributed by atoms with Gasteiger partial charge in [0.25, 0.3) is 0 Å². The second-order valence-electron chi connectivity index (χ2n) is 7.39. The number of aromatic nitrogens is 2. The zero-order chi connectivity index (χ0) is 19.7. The number of fused-ring (bicyclic) bond motifs is 1. The van der Waals surface area contributed by atoms with E-state index >= 15 is 0 Å². The zero-order valence-electron chi connectivity index (χ0n) is 16.3. The lowest BCUT2D eigenvalue weighted by molar-refractivity contribution is 0.577. The quantitative estimate of drug-likeness (QED) is 0.714. The number of hydrogen-bond acceptors (Lipinski definition) is 3. The Balaban J connectivity index is 1.68. The van der Waals surface area contributed by atoms with E-state index in [1.807, 2.05) is 56.3 Å². The van der Waals surface area contributed by atoms with E-state index in [1.165, 1.54) is 5.69 Å². The number of nitrogens with one attached hydrogen (secondary N) is 1. The van der Waals surface area contributed by atoms with E-state index in [-0.39, 0.29) is 6.54 Å². The molecule has 0 saturated carbocycles. The van der Waals surface area contributed by atoms with Crippen LogP contribution in [0.1, 0.15) is 41.2 Å². The molecule has 1 aliphatic carbocycles. The highest BCUT2D eigenvalue weighted by Crippen LogP contribution is 2.26. The highest BCUT2D eigenvalue weighted by atomic mass is 32.2. The molecule has 5 nitrogen and oxygen atoms in total. The van der Waals surface area contributed by atoms with Gasteiger partial charge in [0.15, 0.2) is 0 Å². The van der Waals surface area contributed by atoms with Gasteiger partial charge in [-0.05, 0) is 63.3 Å². The van der Waals surface area contributed by atoms with Gasteiger partial charge in [-0.15, -0.1) is 0 Å². The number of imidazole rings is 1. The second-order valence-corrected chi connectivity index (χ2v) is 9.13. The molecule has 1 aliphatic rings. The molecule has 3 aromatic rings. The smallest absolute Gasteiger partial charge is 0.241 e. The summed E-state index contributed by atoms with van der Waals surface area (Å²) < 4.78 is 30.6. The summed E-state index contributed by atoms with van der Waals surface area (Å²) in [4.78, 5) is 5.12. The first-order valence-electron chi connectivity index (χ1n) is 9.67. The van der Waals surface area contributed by atoms with Crippen LogP contribution in [0.15, 0.2) is 53.4 Å². The van der Waals surface area contributed by atoms with Crippen molar-refractivity contribution in [3.8, 4) is 5.69 Å². The monoisotopic (exact) mass is 395 g/mol. The summed E-state index contributed by atoms with van der Waals surface area (Å²) in [5, 5.41) is 0. The lowest BCUT2D eigenvalue weighted by atomic mass is 10.0. The molecular weight excluding hydrogens is 370 g/mol. The summed E-state index contributed by atoms with van der Waals surface area (Å²) >= 11 is 0. The number of hydrogen-bond donors (Lipinski definition) is 1. The third-order valence-corrected chi connectivity index (χ3v) is 6.82. The minimum Gasteiger partial charge on any atom is -0.299 e. The Labute approximate surface area is 166 Å². The second kappa shape index (κ2) is 7.53. The molecule has 0 spiro atoms. The summed E-state index contributed by atoms with van der Waals surface area (Å²) in [7, 11) is -3.61. The largest absolute Gasteiger partial charge is 0.299 e. The first-order valence-corrected chi connectivity index (χ1v) is 11.2. The van der Waals surface area contributed by atoms with Crippen LogP contribution in [-0.2, 0) is 29.4 Å². The summed E-state index contributed by atoms with van der Waals surface area (Å²) in [6.07, 6.45) is 4.19. The Morgan fingerprint density at radius 1 is 1.04 bits per heavy atom. The maximum atomic E-state index is 12.9. The van der Waals surface area contributed by atoms with Gasteiger partial charge in [-0.25, -0.2) is 18.1 Å². The van der Waals surface area contributed by atoms with E-state index in [0.29, 0.717) is 4.90 Å². The van der Waals surface area contributed by atoms with Gasteiger partial charge in [0.2, 0.25) is 10.0 Å². The van der Waals surface area contributed by atoms with Crippen LogP contribution in [0.5, 0.6) is 0 Å². The molecule has 0 fully saturated rings. The van der Waals surface area contributed by atoms with Crippen LogP contribution < -0.4 is 4.72 Å². The molecule has 28 heavy (non-hydrogen) atoms. The zero-order valence-corrected chi connectivity index (χ0v) is 17.1. The van der Waals surface area contributed by atoms with Gasteiger partial charge in [0, 0.05) is 11.4 Å². The normalized spacial score (nSPS) is 14.1. The fourth-order valence-corrected chi connectivity index (χ4v) is 5.14. The molecule has 6 heteroatoms. The molecular formula is C22H25N3O2S. The van der Waals surface area contributed by atoms with E-state index in [4.69, 9.17) is 4.98 Å². The third-order valence-electron chi connectivity index (χ3n) is 5.26. The fraction of sp³-hybridized carbons (Fsp3) is 0.318. The number of para-hydroxylation sites is 1. The lowest BCUT2D eigenvalue weighted by Gasteiger charge is -2.16. The standard InChI is InChI=1S/C22H25N3O2S/c1-16-12-13-21(17(2)14-16)28(26,27)23-15-22-24-19-10-6-7-11-20(19)25(22)18-8-4-3-5-9-18/h3-5,8-9,12-14,23H,6-7,10-11,15H2,1-2H3. The van der Waals surface area contributed by atoms with Crippen molar-refractivity contribution < 1.29 is 8.42 Å². The van der Waals surface area contributed by atoms with Crippen LogP contribution >= 0.6 is 0 Å². The van der Waals surface area contributed by atoms with Gasteiger partial charge in [0.05, 0.1) is 17.1 Å². The maximum absolute atomic E-state index is 12.9. The Morgan fingerprint density at radius 2 is 1.79 bits per heavy atom. The van der Waals surface area contributed by atoms with Crippen molar-refractivity contribution in [1.82, 2.24) is 14.3 Å². The Kier molecular flexibility index (Phi) is 5.08. The lowest BCUT2D eigenvalue weighted by Crippen LogP contribution is -2.25. The van der Waals surface area contributed by atoms with Crippen LogP contribution in [0.2, 0.25) is 0 Å². The van der Waals surface area contributed by atoms with Gasteiger partial charge in [-0.3, -0.25) is 4.57 Å². The molecule has 146 valence electrons. The minimum absolute atomic E-state index is 0.164. The molecule has 0 saturated heterocycles.